The molecule has 3 N–H and O–H groups in total. The highest BCUT2D eigenvalue weighted by atomic mass is 28.4. The molecule has 0 amide bonds. The van der Waals surface area contributed by atoms with Gasteiger partial charge in [-0.3, -0.25) is 0 Å². The van der Waals surface area contributed by atoms with Crippen LogP contribution in [-0.2, 0) is 0 Å². The first-order chi connectivity index (χ1) is 4.11. The lowest BCUT2D eigenvalue weighted by molar-refractivity contribution is 0.250. The molecule has 0 heterocycles. The van der Waals surface area contributed by atoms with Gasteiger partial charge in [0.1, 0.15) is 0 Å². The Morgan fingerprint density at radius 1 is 1.33 bits per heavy atom. The maximum atomic E-state index is 8.63. The Bertz CT molecular complexity index is 175. The average Bonchev–Trinajstić information content (AvgIpc) is 2.08. The smallest absolute Gasteiger partial charge is 0.396 e. The van der Waals surface area contributed by atoms with E-state index in [1.165, 1.54) is 12.1 Å². The zero-order valence-electron chi connectivity index (χ0n) is 4.65. The second-order valence-corrected chi connectivity index (χ2v) is 3.66. The van der Waals surface area contributed by atoms with Crippen LogP contribution in [0.5, 0.6) is 0 Å². The predicted octanol–water partition coefficient (Wildman–Crippen LogP) is -1.47. The van der Waals surface area contributed by atoms with Gasteiger partial charge >= 0.3 is 8.80 Å². The molecule has 3 nitrogen and oxygen atoms in total. The predicted molar refractivity (Wildman–Crippen MR) is 34.1 cm³/mol. The Morgan fingerprint density at radius 3 is 2.22 bits per heavy atom. The Hall–Kier alpha value is -0.553. The van der Waals surface area contributed by atoms with Crippen molar-refractivity contribution in [1.82, 2.24) is 0 Å². The van der Waals surface area contributed by atoms with E-state index in [1.807, 2.05) is 0 Å². The van der Waals surface area contributed by atoms with E-state index in [1.54, 1.807) is 12.1 Å². The summed E-state index contributed by atoms with van der Waals surface area (Å²) in [5, 5.41) is 0.225. The zero-order valence-corrected chi connectivity index (χ0v) is 5.65. The first kappa shape index (κ1) is 6.57. The molecule has 0 radical (unpaired) electrons. The molecule has 0 aromatic heterocycles. The van der Waals surface area contributed by atoms with Crippen molar-refractivity contribution in [3.8, 4) is 0 Å². The lowest BCUT2D eigenvalue weighted by Gasteiger charge is -2.12. The van der Waals surface area contributed by atoms with Gasteiger partial charge in [-0.05, 0) is 0 Å². The fraction of sp³-hybridized carbons (Fsp3) is 0. The van der Waals surface area contributed by atoms with E-state index in [0.29, 0.717) is 0 Å². The van der Waals surface area contributed by atoms with Crippen LogP contribution in [-0.4, -0.2) is 23.2 Å². The van der Waals surface area contributed by atoms with Crippen LogP contribution >= 0.6 is 0 Å². The van der Waals surface area contributed by atoms with E-state index in [9.17, 15) is 0 Å². The SMILES string of the molecule is O[Si](O)(O)c1cc[cH-]c1. The van der Waals surface area contributed by atoms with Gasteiger partial charge in [-0.25, -0.2) is 6.07 Å². The van der Waals surface area contributed by atoms with Crippen molar-refractivity contribution in [2.75, 3.05) is 0 Å². The van der Waals surface area contributed by atoms with Crippen LogP contribution in [0.2, 0.25) is 0 Å². The van der Waals surface area contributed by atoms with Gasteiger partial charge in [0.15, 0.2) is 0 Å². The fourth-order valence-corrected chi connectivity index (χ4v) is 1.24. The van der Waals surface area contributed by atoms with E-state index < -0.39 is 8.80 Å². The van der Waals surface area contributed by atoms with E-state index in [2.05, 4.69) is 0 Å². The van der Waals surface area contributed by atoms with Gasteiger partial charge in [-0.2, -0.15) is 18.2 Å². The van der Waals surface area contributed by atoms with Gasteiger partial charge < -0.3 is 14.4 Å². The molecular formula is C5H7O3Si-. The summed E-state index contributed by atoms with van der Waals surface area (Å²) in [5.41, 5.74) is 0. The summed E-state index contributed by atoms with van der Waals surface area (Å²) in [6.45, 7) is 0. The number of hydrogen-bond donors (Lipinski definition) is 3. The monoisotopic (exact) mass is 143 g/mol. The molecule has 0 saturated carbocycles. The molecule has 1 aromatic rings. The van der Waals surface area contributed by atoms with E-state index >= 15 is 0 Å². The largest absolute Gasteiger partial charge is 0.450 e. The molecule has 0 aliphatic heterocycles. The van der Waals surface area contributed by atoms with Crippen LogP contribution in [0.3, 0.4) is 0 Å². The summed E-state index contributed by atoms with van der Waals surface area (Å²) in [5.74, 6) is 0. The highest BCUT2D eigenvalue weighted by Gasteiger charge is 2.21. The zero-order chi connectivity index (χ0) is 6.91. The normalized spacial score (nSPS) is 11.9. The third kappa shape index (κ3) is 1.43. The molecule has 1 rings (SSSR count). The van der Waals surface area contributed by atoms with Crippen molar-refractivity contribution >= 4 is 14.0 Å². The van der Waals surface area contributed by atoms with Crippen molar-refractivity contribution in [3.05, 3.63) is 24.3 Å². The molecule has 0 aliphatic carbocycles. The lowest BCUT2D eigenvalue weighted by Crippen LogP contribution is -2.47. The Kier molecular flexibility index (Phi) is 1.46. The maximum absolute atomic E-state index is 8.63. The molecule has 0 fully saturated rings. The summed E-state index contributed by atoms with van der Waals surface area (Å²) in [6, 6.07) is 6.23. The maximum Gasteiger partial charge on any atom is 0.450 e. The second-order valence-electron chi connectivity index (χ2n) is 1.81. The summed E-state index contributed by atoms with van der Waals surface area (Å²) in [7, 11) is -3.98. The molecular weight excluding hydrogens is 136 g/mol. The molecule has 9 heavy (non-hydrogen) atoms. The second kappa shape index (κ2) is 2.00. The molecule has 0 bridgehead atoms. The van der Waals surface area contributed by atoms with Gasteiger partial charge in [0.2, 0.25) is 0 Å². The number of hydrogen-bond acceptors (Lipinski definition) is 3. The van der Waals surface area contributed by atoms with Gasteiger partial charge in [-0.15, -0.1) is 5.19 Å². The quantitative estimate of drug-likeness (QED) is 0.332. The van der Waals surface area contributed by atoms with Gasteiger partial charge in [0.25, 0.3) is 0 Å². The molecule has 0 spiro atoms. The van der Waals surface area contributed by atoms with Gasteiger partial charge in [-0.1, -0.05) is 0 Å². The third-order valence-electron chi connectivity index (χ3n) is 1.05. The minimum atomic E-state index is -3.98. The number of rotatable bonds is 1. The summed E-state index contributed by atoms with van der Waals surface area (Å²) in [4.78, 5) is 25.9. The standard InChI is InChI=1S/C5H7O3Si/c6-9(7,8)5-3-1-2-4-5/h1-4,6-8H/q-1. The van der Waals surface area contributed by atoms with Gasteiger partial charge in [0, 0.05) is 0 Å². The first-order valence-corrected chi connectivity index (χ1v) is 4.34. The van der Waals surface area contributed by atoms with Crippen LogP contribution in [0.1, 0.15) is 0 Å². The molecule has 4 heteroatoms. The topological polar surface area (TPSA) is 60.7 Å². The Balaban J connectivity index is 2.90. The Morgan fingerprint density at radius 2 is 2.00 bits per heavy atom. The third-order valence-corrected chi connectivity index (χ3v) is 2.16. The molecule has 0 aliphatic rings. The molecule has 0 atom stereocenters. The summed E-state index contributed by atoms with van der Waals surface area (Å²) in [6.07, 6.45) is 0. The average molecular weight is 143 g/mol. The van der Waals surface area contributed by atoms with Crippen molar-refractivity contribution in [2.24, 2.45) is 0 Å². The lowest BCUT2D eigenvalue weighted by atomic mass is 10.7. The van der Waals surface area contributed by atoms with E-state index in [-0.39, 0.29) is 5.19 Å². The van der Waals surface area contributed by atoms with Gasteiger partial charge in [0.05, 0.1) is 0 Å². The van der Waals surface area contributed by atoms with Crippen LogP contribution in [0.4, 0.5) is 0 Å². The van der Waals surface area contributed by atoms with Crippen LogP contribution in [0.25, 0.3) is 0 Å². The van der Waals surface area contributed by atoms with Crippen LogP contribution < -0.4 is 5.19 Å². The highest BCUT2D eigenvalue weighted by Crippen LogP contribution is 1.90. The molecule has 0 saturated heterocycles. The van der Waals surface area contributed by atoms with Crippen molar-refractivity contribution < 1.29 is 14.4 Å². The minimum Gasteiger partial charge on any atom is -0.396 e. The fourth-order valence-electron chi connectivity index (χ4n) is 0.598. The van der Waals surface area contributed by atoms with E-state index in [4.69, 9.17) is 14.4 Å². The Labute approximate surface area is 53.6 Å². The molecule has 1 aromatic carbocycles. The van der Waals surface area contributed by atoms with Crippen molar-refractivity contribution in [1.29, 1.82) is 0 Å². The van der Waals surface area contributed by atoms with E-state index in [0.717, 1.165) is 0 Å². The van der Waals surface area contributed by atoms with Crippen LogP contribution in [0.15, 0.2) is 24.3 Å². The van der Waals surface area contributed by atoms with Crippen LogP contribution in [0, 0.1) is 0 Å². The van der Waals surface area contributed by atoms with Crippen molar-refractivity contribution in [2.45, 2.75) is 0 Å². The summed E-state index contributed by atoms with van der Waals surface area (Å²) < 4.78 is 0. The molecule has 0 unspecified atom stereocenters. The summed E-state index contributed by atoms with van der Waals surface area (Å²) >= 11 is 0. The highest BCUT2D eigenvalue weighted by molar-refractivity contribution is 6.71. The molecule has 50 valence electrons. The first-order valence-electron chi connectivity index (χ1n) is 2.50. The van der Waals surface area contributed by atoms with Crippen molar-refractivity contribution in [3.63, 3.8) is 0 Å². The minimum absolute atomic E-state index is 0.225.